The second-order valence-corrected chi connectivity index (χ2v) is 3.83. The molecule has 1 aromatic heterocycles. The van der Waals surface area contributed by atoms with Crippen molar-refractivity contribution in [3.05, 3.63) is 5.01 Å². The quantitative estimate of drug-likeness (QED) is 0.762. The Morgan fingerprint density at radius 1 is 1.42 bits per heavy atom. The molecule has 0 radical (unpaired) electrons. The molecule has 0 spiro atoms. The molecule has 5 heteroatoms. The maximum Gasteiger partial charge on any atom is 0.205 e. The Labute approximate surface area is 76.6 Å². The zero-order valence-corrected chi connectivity index (χ0v) is 8.48. The summed E-state index contributed by atoms with van der Waals surface area (Å²) in [6.45, 7) is 3.81. The lowest BCUT2D eigenvalue weighted by atomic mass is 10.6. The summed E-state index contributed by atoms with van der Waals surface area (Å²) in [4.78, 5) is 2.08. The maximum atomic E-state index is 4.04. The minimum atomic E-state index is 0.864. The molecule has 0 amide bonds. The molecule has 1 rings (SSSR count). The lowest BCUT2D eigenvalue weighted by molar-refractivity contribution is 0.400. The van der Waals surface area contributed by atoms with Gasteiger partial charge >= 0.3 is 0 Å². The highest BCUT2D eigenvalue weighted by molar-refractivity contribution is 7.15. The first-order valence-electron chi connectivity index (χ1n) is 3.93. The summed E-state index contributed by atoms with van der Waals surface area (Å²) in [5, 5.41) is 13.1. The Kier molecular flexibility index (Phi) is 3.43. The van der Waals surface area contributed by atoms with Gasteiger partial charge in [-0.2, -0.15) is 0 Å². The van der Waals surface area contributed by atoms with Crippen LogP contribution >= 0.6 is 11.3 Å². The zero-order chi connectivity index (χ0) is 8.97. The largest absolute Gasteiger partial charge is 0.360 e. The predicted molar refractivity (Wildman–Crippen MR) is 51.5 cm³/mol. The minimum absolute atomic E-state index is 0.864. The van der Waals surface area contributed by atoms with Crippen molar-refractivity contribution in [2.75, 3.05) is 26.0 Å². The molecule has 0 atom stereocenters. The van der Waals surface area contributed by atoms with Crippen LogP contribution in [0.25, 0.3) is 0 Å². The number of rotatable bonds is 4. The van der Waals surface area contributed by atoms with Crippen LogP contribution in [0.4, 0.5) is 5.13 Å². The fraction of sp³-hybridized carbons (Fsp3) is 0.714. The lowest BCUT2D eigenvalue weighted by Gasteiger charge is -2.03. The van der Waals surface area contributed by atoms with E-state index >= 15 is 0 Å². The molecule has 0 aliphatic rings. The normalized spacial score (nSPS) is 10.7. The number of anilines is 1. The van der Waals surface area contributed by atoms with Crippen molar-refractivity contribution < 1.29 is 0 Å². The summed E-state index contributed by atoms with van der Waals surface area (Å²) >= 11 is 1.61. The SMILES string of the molecule is CCNc1nnc(CN(C)C)s1. The monoisotopic (exact) mass is 186 g/mol. The van der Waals surface area contributed by atoms with Gasteiger partial charge in [-0.25, -0.2) is 0 Å². The van der Waals surface area contributed by atoms with E-state index in [1.54, 1.807) is 11.3 Å². The first-order valence-corrected chi connectivity index (χ1v) is 4.75. The number of hydrogen-bond donors (Lipinski definition) is 1. The Bertz CT molecular complexity index is 233. The van der Waals surface area contributed by atoms with Crippen molar-refractivity contribution in [2.24, 2.45) is 0 Å². The first kappa shape index (κ1) is 9.41. The highest BCUT2D eigenvalue weighted by atomic mass is 32.1. The molecular formula is C7H14N4S. The molecule has 68 valence electrons. The van der Waals surface area contributed by atoms with Crippen LogP contribution in [0.2, 0.25) is 0 Å². The predicted octanol–water partition coefficient (Wildman–Crippen LogP) is 1.03. The minimum Gasteiger partial charge on any atom is -0.360 e. The van der Waals surface area contributed by atoms with E-state index in [0.29, 0.717) is 0 Å². The van der Waals surface area contributed by atoms with Crippen LogP contribution in [0.1, 0.15) is 11.9 Å². The fourth-order valence-electron chi connectivity index (χ4n) is 0.811. The van der Waals surface area contributed by atoms with Crippen LogP contribution in [-0.2, 0) is 6.54 Å². The summed E-state index contributed by atoms with van der Waals surface area (Å²) in [6.07, 6.45) is 0. The molecule has 0 saturated carbocycles. The molecule has 0 saturated heterocycles. The van der Waals surface area contributed by atoms with Crippen molar-refractivity contribution in [1.82, 2.24) is 15.1 Å². The first-order chi connectivity index (χ1) is 5.72. The molecule has 0 aliphatic heterocycles. The summed E-state index contributed by atoms with van der Waals surface area (Å²) in [7, 11) is 4.04. The summed E-state index contributed by atoms with van der Waals surface area (Å²) < 4.78 is 0. The molecule has 1 heterocycles. The Hall–Kier alpha value is -0.680. The summed E-state index contributed by atoms with van der Waals surface area (Å²) in [5.74, 6) is 0. The van der Waals surface area contributed by atoms with E-state index in [-0.39, 0.29) is 0 Å². The van der Waals surface area contributed by atoms with Crippen LogP contribution in [0.15, 0.2) is 0 Å². The van der Waals surface area contributed by atoms with E-state index in [4.69, 9.17) is 0 Å². The molecule has 0 fully saturated rings. The van der Waals surface area contributed by atoms with Gasteiger partial charge in [0.1, 0.15) is 5.01 Å². The number of nitrogens with one attached hydrogen (secondary N) is 1. The van der Waals surface area contributed by atoms with Crippen molar-refractivity contribution in [3.63, 3.8) is 0 Å². The maximum absolute atomic E-state index is 4.04. The van der Waals surface area contributed by atoms with Crippen LogP contribution < -0.4 is 5.32 Å². The average molecular weight is 186 g/mol. The molecule has 4 nitrogen and oxygen atoms in total. The van der Waals surface area contributed by atoms with Crippen LogP contribution in [0, 0.1) is 0 Å². The lowest BCUT2D eigenvalue weighted by Crippen LogP contribution is -2.10. The van der Waals surface area contributed by atoms with E-state index in [1.165, 1.54) is 0 Å². The van der Waals surface area contributed by atoms with Crippen molar-refractivity contribution in [2.45, 2.75) is 13.5 Å². The summed E-state index contributed by atoms with van der Waals surface area (Å²) in [5.41, 5.74) is 0. The molecule has 1 N–H and O–H groups in total. The van der Waals surface area contributed by atoms with E-state index in [9.17, 15) is 0 Å². The van der Waals surface area contributed by atoms with E-state index in [1.807, 2.05) is 21.0 Å². The molecular weight excluding hydrogens is 172 g/mol. The Morgan fingerprint density at radius 3 is 2.75 bits per heavy atom. The van der Waals surface area contributed by atoms with Gasteiger partial charge < -0.3 is 10.2 Å². The van der Waals surface area contributed by atoms with Gasteiger partial charge in [-0.1, -0.05) is 11.3 Å². The van der Waals surface area contributed by atoms with Gasteiger partial charge in [-0.3, -0.25) is 0 Å². The number of nitrogens with zero attached hydrogens (tertiary/aromatic N) is 3. The van der Waals surface area contributed by atoms with Crippen LogP contribution in [-0.4, -0.2) is 35.7 Å². The van der Waals surface area contributed by atoms with Gasteiger partial charge in [0.15, 0.2) is 0 Å². The smallest absolute Gasteiger partial charge is 0.205 e. The van der Waals surface area contributed by atoms with Crippen molar-refractivity contribution in [1.29, 1.82) is 0 Å². The molecule has 1 aromatic rings. The second-order valence-electron chi connectivity index (χ2n) is 2.77. The van der Waals surface area contributed by atoms with Crippen LogP contribution in [0.5, 0.6) is 0 Å². The molecule has 0 aliphatic carbocycles. The molecule has 12 heavy (non-hydrogen) atoms. The van der Waals surface area contributed by atoms with E-state index in [0.717, 1.165) is 23.2 Å². The standard InChI is InChI=1S/C7H14N4S/c1-4-8-7-10-9-6(12-7)5-11(2)3/h4-5H2,1-3H3,(H,8,10). The van der Waals surface area contributed by atoms with Crippen molar-refractivity contribution in [3.8, 4) is 0 Å². The van der Waals surface area contributed by atoms with Crippen LogP contribution in [0.3, 0.4) is 0 Å². The second kappa shape index (κ2) is 4.37. The number of aromatic nitrogens is 2. The third kappa shape index (κ3) is 2.75. The van der Waals surface area contributed by atoms with Gasteiger partial charge in [0, 0.05) is 6.54 Å². The highest BCUT2D eigenvalue weighted by Gasteiger charge is 2.02. The van der Waals surface area contributed by atoms with Gasteiger partial charge in [-0.15, -0.1) is 10.2 Å². The Morgan fingerprint density at radius 2 is 2.17 bits per heavy atom. The van der Waals surface area contributed by atoms with Gasteiger partial charge in [0.2, 0.25) is 5.13 Å². The van der Waals surface area contributed by atoms with Gasteiger partial charge in [0.25, 0.3) is 0 Å². The molecule has 0 bridgehead atoms. The molecule has 0 aromatic carbocycles. The highest BCUT2D eigenvalue weighted by Crippen LogP contribution is 2.15. The zero-order valence-electron chi connectivity index (χ0n) is 7.66. The van der Waals surface area contributed by atoms with E-state index < -0.39 is 0 Å². The number of hydrogen-bond acceptors (Lipinski definition) is 5. The summed E-state index contributed by atoms with van der Waals surface area (Å²) in [6, 6.07) is 0. The van der Waals surface area contributed by atoms with Crippen molar-refractivity contribution >= 4 is 16.5 Å². The Balaban J connectivity index is 2.52. The fourth-order valence-corrected chi connectivity index (χ4v) is 1.74. The van der Waals surface area contributed by atoms with Gasteiger partial charge in [0.05, 0.1) is 6.54 Å². The third-order valence-corrected chi connectivity index (χ3v) is 2.11. The molecule has 0 unspecified atom stereocenters. The third-order valence-electron chi connectivity index (χ3n) is 1.25. The topological polar surface area (TPSA) is 41.1 Å². The average Bonchev–Trinajstić information content (AvgIpc) is 2.36. The van der Waals surface area contributed by atoms with E-state index in [2.05, 4.69) is 20.4 Å². The van der Waals surface area contributed by atoms with Gasteiger partial charge in [-0.05, 0) is 21.0 Å².